The number of benzene rings is 1. The SMILES string of the molecule is CCOC(=O)C1CCCN(C(=O)/C=C(\C)c2cc3c4c(oc3c(C)c2OC)CCCC4)C1. The van der Waals surface area contributed by atoms with Crippen molar-refractivity contribution in [1.29, 1.82) is 0 Å². The van der Waals surface area contributed by atoms with Crippen molar-refractivity contribution in [1.82, 2.24) is 4.90 Å². The lowest BCUT2D eigenvalue weighted by molar-refractivity contribution is -0.150. The molecule has 172 valence electrons. The molecule has 1 fully saturated rings. The lowest BCUT2D eigenvalue weighted by Gasteiger charge is -2.31. The van der Waals surface area contributed by atoms with E-state index in [4.69, 9.17) is 13.9 Å². The van der Waals surface area contributed by atoms with Gasteiger partial charge in [-0.3, -0.25) is 9.59 Å². The number of methoxy groups -OCH3 is 1. The summed E-state index contributed by atoms with van der Waals surface area (Å²) >= 11 is 0. The molecule has 1 amide bonds. The lowest BCUT2D eigenvalue weighted by Crippen LogP contribution is -2.42. The van der Waals surface area contributed by atoms with Gasteiger partial charge >= 0.3 is 5.97 Å². The molecule has 1 saturated heterocycles. The molecule has 1 aromatic carbocycles. The molecule has 0 bridgehead atoms. The number of allylic oxidation sites excluding steroid dienone is 1. The fourth-order valence-corrected chi connectivity index (χ4v) is 5.08. The van der Waals surface area contributed by atoms with Crippen LogP contribution in [0, 0.1) is 12.8 Å². The molecule has 2 aliphatic rings. The summed E-state index contributed by atoms with van der Waals surface area (Å²) in [5.74, 6) is 1.30. The van der Waals surface area contributed by atoms with Gasteiger partial charge in [-0.05, 0) is 64.5 Å². The Morgan fingerprint density at radius 3 is 2.78 bits per heavy atom. The largest absolute Gasteiger partial charge is 0.496 e. The molecule has 2 heterocycles. The second kappa shape index (κ2) is 9.39. The summed E-state index contributed by atoms with van der Waals surface area (Å²) < 4.78 is 17.1. The van der Waals surface area contributed by atoms with Crippen LogP contribution >= 0.6 is 0 Å². The number of hydrogen-bond acceptors (Lipinski definition) is 5. The van der Waals surface area contributed by atoms with Crippen molar-refractivity contribution in [2.24, 2.45) is 5.92 Å². The van der Waals surface area contributed by atoms with E-state index in [2.05, 4.69) is 6.07 Å². The average molecular weight is 440 g/mol. The molecule has 0 N–H and O–H groups in total. The maximum Gasteiger partial charge on any atom is 0.310 e. The van der Waals surface area contributed by atoms with E-state index in [1.165, 1.54) is 12.0 Å². The van der Waals surface area contributed by atoms with Gasteiger partial charge in [-0.25, -0.2) is 0 Å². The highest BCUT2D eigenvalue weighted by atomic mass is 16.5. The van der Waals surface area contributed by atoms with Crippen LogP contribution in [0.3, 0.4) is 0 Å². The number of esters is 1. The molecular formula is C26H33NO5. The Morgan fingerprint density at radius 1 is 1.25 bits per heavy atom. The third-order valence-corrected chi connectivity index (χ3v) is 6.75. The summed E-state index contributed by atoms with van der Waals surface area (Å²) in [4.78, 5) is 27.0. The number of furan rings is 1. The Labute approximate surface area is 189 Å². The molecule has 0 radical (unpaired) electrons. The molecule has 1 aliphatic heterocycles. The molecule has 0 spiro atoms. The normalized spacial score (nSPS) is 19.1. The number of carbonyl (C=O) groups excluding carboxylic acids is 2. The maximum atomic E-state index is 13.1. The number of fused-ring (bicyclic) bond motifs is 3. The number of ether oxygens (including phenoxy) is 2. The topological polar surface area (TPSA) is 69.0 Å². The number of amides is 1. The van der Waals surface area contributed by atoms with Gasteiger partial charge in [0.25, 0.3) is 0 Å². The highest BCUT2D eigenvalue weighted by molar-refractivity contribution is 5.98. The molecule has 1 aliphatic carbocycles. The Bertz CT molecular complexity index is 1060. The van der Waals surface area contributed by atoms with Crippen LogP contribution in [-0.4, -0.2) is 43.6 Å². The third-order valence-electron chi connectivity index (χ3n) is 6.75. The highest BCUT2D eigenvalue weighted by Crippen LogP contribution is 2.41. The summed E-state index contributed by atoms with van der Waals surface area (Å²) in [6.07, 6.45) is 7.57. The third kappa shape index (κ3) is 4.15. The van der Waals surface area contributed by atoms with Crippen LogP contribution in [0.4, 0.5) is 0 Å². The molecular weight excluding hydrogens is 406 g/mol. The predicted octanol–water partition coefficient (Wildman–Crippen LogP) is 4.83. The van der Waals surface area contributed by atoms with Gasteiger partial charge in [0.15, 0.2) is 0 Å². The Kier molecular flexibility index (Phi) is 6.58. The average Bonchev–Trinajstić information content (AvgIpc) is 3.18. The monoisotopic (exact) mass is 439 g/mol. The summed E-state index contributed by atoms with van der Waals surface area (Å²) in [5.41, 5.74) is 4.92. The Balaban J connectivity index is 1.64. The van der Waals surface area contributed by atoms with Crippen LogP contribution in [0.25, 0.3) is 16.5 Å². The number of likely N-dealkylation sites (tertiary alicyclic amines) is 1. The summed E-state index contributed by atoms with van der Waals surface area (Å²) in [6, 6.07) is 2.12. The van der Waals surface area contributed by atoms with Gasteiger partial charge < -0.3 is 18.8 Å². The van der Waals surface area contributed by atoms with Gasteiger partial charge in [-0.1, -0.05) is 0 Å². The van der Waals surface area contributed by atoms with Crippen molar-refractivity contribution in [2.75, 3.05) is 26.8 Å². The first-order valence-electron chi connectivity index (χ1n) is 11.7. The zero-order valence-corrected chi connectivity index (χ0v) is 19.6. The number of piperidine rings is 1. The number of aryl methyl sites for hydroxylation is 3. The highest BCUT2D eigenvalue weighted by Gasteiger charge is 2.29. The van der Waals surface area contributed by atoms with Gasteiger partial charge in [0.2, 0.25) is 5.91 Å². The zero-order valence-electron chi connectivity index (χ0n) is 19.6. The minimum Gasteiger partial charge on any atom is -0.496 e. The van der Waals surface area contributed by atoms with Gasteiger partial charge in [-0.2, -0.15) is 0 Å². The van der Waals surface area contributed by atoms with Gasteiger partial charge in [-0.15, -0.1) is 0 Å². The fourth-order valence-electron chi connectivity index (χ4n) is 5.08. The van der Waals surface area contributed by atoms with E-state index in [0.717, 1.165) is 71.3 Å². The van der Waals surface area contributed by atoms with Crippen molar-refractivity contribution in [3.8, 4) is 5.75 Å². The van der Waals surface area contributed by atoms with Crippen LogP contribution in [0.2, 0.25) is 0 Å². The second-order valence-corrected chi connectivity index (χ2v) is 8.87. The molecule has 0 saturated carbocycles. The van der Waals surface area contributed by atoms with E-state index >= 15 is 0 Å². The van der Waals surface area contributed by atoms with Crippen LogP contribution in [-0.2, 0) is 27.2 Å². The van der Waals surface area contributed by atoms with Gasteiger partial charge in [0.1, 0.15) is 17.1 Å². The molecule has 6 heteroatoms. The number of nitrogens with zero attached hydrogens (tertiary/aromatic N) is 1. The van der Waals surface area contributed by atoms with Crippen molar-refractivity contribution in [3.05, 3.63) is 34.6 Å². The number of rotatable bonds is 5. The standard InChI is InChI=1S/C26H33NO5/c1-5-31-26(29)18-9-8-12-27(15-18)23(28)13-16(2)20-14-21-19-10-6-7-11-22(19)32-25(21)17(3)24(20)30-4/h13-14,18H,5-12,15H2,1-4H3/b16-13+. The second-order valence-electron chi connectivity index (χ2n) is 8.87. The quantitative estimate of drug-likeness (QED) is 0.493. The first-order chi connectivity index (χ1) is 15.4. The van der Waals surface area contributed by atoms with Crippen molar-refractivity contribution in [3.63, 3.8) is 0 Å². The van der Waals surface area contributed by atoms with Crippen LogP contribution < -0.4 is 4.74 Å². The van der Waals surface area contributed by atoms with E-state index in [1.807, 2.05) is 13.8 Å². The number of hydrogen-bond donors (Lipinski definition) is 0. The minimum absolute atomic E-state index is 0.0782. The smallest absolute Gasteiger partial charge is 0.310 e. The molecule has 6 nitrogen and oxygen atoms in total. The van der Waals surface area contributed by atoms with E-state index in [0.29, 0.717) is 19.7 Å². The minimum atomic E-state index is -0.244. The molecule has 2 aromatic rings. The first-order valence-corrected chi connectivity index (χ1v) is 11.7. The van der Waals surface area contributed by atoms with Gasteiger partial charge in [0.05, 0.1) is 19.6 Å². The van der Waals surface area contributed by atoms with E-state index in [1.54, 1.807) is 25.0 Å². The van der Waals surface area contributed by atoms with Gasteiger partial charge in [0, 0.05) is 47.7 Å². The Hall–Kier alpha value is -2.76. The zero-order chi connectivity index (χ0) is 22.8. The predicted molar refractivity (Wildman–Crippen MR) is 124 cm³/mol. The number of carbonyl (C=O) groups is 2. The van der Waals surface area contributed by atoms with Crippen LogP contribution in [0.5, 0.6) is 5.75 Å². The molecule has 1 atom stereocenters. The Morgan fingerprint density at radius 2 is 2.03 bits per heavy atom. The molecule has 32 heavy (non-hydrogen) atoms. The summed E-state index contributed by atoms with van der Waals surface area (Å²) in [7, 11) is 1.66. The van der Waals surface area contributed by atoms with Crippen LogP contribution in [0.1, 0.15) is 62.0 Å². The summed E-state index contributed by atoms with van der Waals surface area (Å²) in [5, 5.41) is 1.13. The fraction of sp³-hybridized carbons (Fsp3) is 0.538. The summed E-state index contributed by atoms with van der Waals surface area (Å²) in [6.45, 7) is 7.19. The molecule has 1 aromatic heterocycles. The van der Waals surface area contributed by atoms with Crippen molar-refractivity contribution in [2.45, 2.75) is 59.3 Å². The lowest BCUT2D eigenvalue weighted by atomic mass is 9.92. The van der Waals surface area contributed by atoms with E-state index in [-0.39, 0.29) is 17.8 Å². The van der Waals surface area contributed by atoms with Crippen molar-refractivity contribution >= 4 is 28.4 Å². The van der Waals surface area contributed by atoms with E-state index < -0.39 is 0 Å². The molecule has 1 unspecified atom stereocenters. The maximum absolute atomic E-state index is 13.1. The van der Waals surface area contributed by atoms with E-state index in [9.17, 15) is 9.59 Å². The van der Waals surface area contributed by atoms with Crippen molar-refractivity contribution < 1.29 is 23.5 Å². The molecule has 4 rings (SSSR count). The first kappa shape index (κ1) is 22.4. The van der Waals surface area contributed by atoms with Crippen LogP contribution in [0.15, 0.2) is 16.6 Å².